The van der Waals surface area contributed by atoms with Gasteiger partial charge in [-0.1, -0.05) is 26.0 Å². The van der Waals surface area contributed by atoms with Gasteiger partial charge in [0.1, 0.15) is 6.61 Å². The molecule has 0 aromatic heterocycles. The van der Waals surface area contributed by atoms with E-state index in [0.717, 1.165) is 0 Å². The Balaban J connectivity index is 1.67. The summed E-state index contributed by atoms with van der Waals surface area (Å²) in [5, 5.41) is 11.1. The first-order valence-electron chi connectivity index (χ1n) is 10.5. The Morgan fingerprint density at radius 3 is 2.39 bits per heavy atom. The van der Waals surface area contributed by atoms with Crippen LogP contribution in [0.3, 0.4) is 0 Å². The molecule has 176 valence electrons. The van der Waals surface area contributed by atoms with Crippen molar-refractivity contribution in [3.8, 4) is 0 Å². The van der Waals surface area contributed by atoms with Gasteiger partial charge in [-0.2, -0.15) is 4.31 Å². The number of carbonyl (C=O) groups is 2. The van der Waals surface area contributed by atoms with Crippen LogP contribution in [0.5, 0.6) is 0 Å². The maximum atomic E-state index is 12.6. The zero-order valence-corrected chi connectivity index (χ0v) is 19.2. The maximum Gasteiger partial charge on any atom is 0.311 e. The summed E-state index contributed by atoms with van der Waals surface area (Å²) in [5.74, 6) is -1.63. The number of benzene rings is 2. The van der Waals surface area contributed by atoms with E-state index in [0.29, 0.717) is 18.8 Å². The lowest BCUT2D eigenvalue weighted by molar-refractivity contribution is -0.385. The number of rotatable bonds is 9. The Morgan fingerprint density at radius 2 is 1.79 bits per heavy atom. The van der Waals surface area contributed by atoms with Gasteiger partial charge in [0.2, 0.25) is 15.9 Å². The molecule has 0 N–H and O–H groups in total. The fourth-order valence-electron chi connectivity index (χ4n) is 3.70. The number of ether oxygens (including phenoxy) is 1. The van der Waals surface area contributed by atoms with Crippen LogP contribution in [0.25, 0.3) is 0 Å². The zero-order valence-electron chi connectivity index (χ0n) is 18.3. The van der Waals surface area contributed by atoms with Crippen molar-refractivity contribution < 1.29 is 27.7 Å². The van der Waals surface area contributed by atoms with Crippen LogP contribution in [0, 0.1) is 16.0 Å². The summed E-state index contributed by atoms with van der Waals surface area (Å²) in [6.45, 7) is 4.03. The van der Waals surface area contributed by atoms with Crippen molar-refractivity contribution in [2.24, 2.45) is 5.92 Å². The van der Waals surface area contributed by atoms with E-state index in [-0.39, 0.29) is 41.6 Å². The summed E-state index contributed by atoms with van der Waals surface area (Å²) in [4.78, 5) is 37.1. The van der Waals surface area contributed by atoms with Gasteiger partial charge in [0.15, 0.2) is 0 Å². The van der Waals surface area contributed by atoms with Crippen LogP contribution >= 0.6 is 0 Å². The molecule has 0 saturated carbocycles. The number of carbonyl (C=O) groups excluding carboxylic acids is 2. The highest BCUT2D eigenvalue weighted by atomic mass is 32.2. The molecular weight excluding hydrogens is 450 g/mol. The Labute approximate surface area is 192 Å². The minimum Gasteiger partial charge on any atom is -0.460 e. The minimum atomic E-state index is -3.61. The molecule has 1 amide bonds. The Hall–Kier alpha value is -3.31. The van der Waals surface area contributed by atoms with Crippen LogP contribution in [-0.4, -0.2) is 49.2 Å². The fourth-order valence-corrected chi connectivity index (χ4v) is 5.16. The zero-order chi connectivity index (χ0) is 24.2. The Bertz CT molecular complexity index is 1140. The average Bonchev–Trinajstić information content (AvgIpc) is 3.20. The van der Waals surface area contributed by atoms with Crippen molar-refractivity contribution in [2.75, 3.05) is 24.5 Å². The van der Waals surface area contributed by atoms with Crippen LogP contribution in [0.2, 0.25) is 0 Å². The molecule has 11 heteroatoms. The number of nitro groups is 1. The van der Waals surface area contributed by atoms with Gasteiger partial charge in [-0.15, -0.1) is 0 Å². The normalized spacial score (nSPS) is 16.3. The number of hydrogen-bond donors (Lipinski definition) is 0. The predicted octanol–water partition coefficient (Wildman–Crippen LogP) is 2.72. The summed E-state index contributed by atoms with van der Waals surface area (Å²) < 4.78 is 31.8. The highest BCUT2D eigenvalue weighted by molar-refractivity contribution is 7.89. The molecule has 10 nitrogen and oxygen atoms in total. The number of para-hydroxylation sites is 1. The monoisotopic (exact) mass is 475 g/mol. The van der Waals surface area contributed by atoms with E-state index < -0.39 is 26.8 Å². The van der Waals surface area contributed by atoms with E-state index in [9.17, 15) is 28.1 Å². The molecule has 1 fully saturated rings. The molecule has 1 aliphatic rings. The molecule has 1 saturated heterocycles. The molecule has 1 atom stereocenters. The number of nitrogens with zero attached hydrogens (tertiary/aromatic N) is 3. The van der Waals surface area contributed by atoms with Crippen molar-refractivity contribution in [3.63, 3.8) is 0 Å². The first kappa shape index (κ1) is 24.3. The van der Waals surface area contributed by atoms with Gasteiger partial charge in [-0.3, -0.25) is 19.7 Å². The molecule has 1 unspecified atom stereocenters. The molecule has 2 aromatic carbocycles. The van der Waals surface area contributed by atoms with E-state index in [4.69, 9.17) is 4.74 Å². The van der Waals surface area contributed by atoms with E-state index >= 15 is 0 Å². The summed E-state index contributed by atoms with van der Waals surface area (Å²) >= 11 is 0. The molecule has 0 bridgehead atoms. The molecule has 3 rings (SSSR count). The summed E-state index contributed by atoms with van der Waals surface area (Å²) in [7, 11) is -3.61. The largest absolute Gasteiger partial charge is 0.460 e. The number of sulfonamides is 1. The summed E-state index contributed by atoms with van der Waals surface area (Å²) in [5.41, 5.74) is 0.601. The molecule has 1 heterocycles. The standard InChI is InChI=1S/C22H25N3O7S/c1-3-23(4-2)33(30,31)19-11-9-18(10-12-19)24-14-17(13-21(24)26)22(27)32-15-16-7-5-6-8-20(16)25(28)29/h5-12,17H,3-4,13-15H2,1-2H3. The van der Waals surface area contributed by atoms with E-state index in [1.54, 1.807) is 19.9 Å². The highest BCUT2D eigenvalue weighted by Crippen LogP contribution is 2.28. The van der Waals surface area contributed by atoms with Gasteiger partial charge in [-0.05, 0) is 30.3 Å². The van der Waals surface area contributed by atoms with Crippen molar-refractivity contribution in [3.05, 3.63) is 64.2 Å². The number of nitro benzene ring substituents is 1. The van der Waals surface area contributed by atoms with Gasteiger partial charge in [0.05, 0.1) is 21.3 Å². The second-order valence-corrected chi connectivity index (χ2v) is 9.42. The van der Waals surface area contributed by atoms with Gasteiger partial charge < -0.3 is 9.64 Å². The molecule has 0 spiro atoms. The van der Waals surface area contributed by atoms with Crippen LogP contribution in [-0.2, 0) is 31.0 Å². The van der Waals surface area contributed by atoms with Gasteiger partial charge in [0.25, 0.3) is 5.69 Å². The highest BCUT2D eigenvalue weighted by Gasteiger charge is 2.36. The smallest absolute Gasteiger partial charge is 0.311 e. The third-order valence-corrected chi connectivity index (χ3v) is 7.57. The quantitative estimate of drug-likeness (QED) is 0.310. The number of hydrogen-bond acceptors (Lipinski definition) is 7. The molecule has 33 heavy (non-hydrogen) atoms. The SMILES string of the molecule is CCN(CC)S(=O)(=O)c1ccc(N2CC(C(=O)OCc3ccccc3[N+](=O)[O-])CC2=O)cc1. The van der Waals surface area contributed by atoms with Crippen molar-refractivity contribution in [1.82, 2.24) is 4.31 Å². The van der Waals surface area contributed by atoms with E-state index in [1.165, 1.54) is 51.7 Å². The van der Waals surface area contributed by atoms with Crippen LogP contribution < -0.4 is 4.90 Å². The van der Waals surface area contributed by atoms with Crippen molar-refractivity contribution >= 4 is 33.3 Å². The first-order chi connectivity index (χ1) is 15.7. The Kier molecular flexibility index (Phi) is 7.44. The lowest BCUT2D eigenvalue weighted by Crippen LogP contribution is -2.30. The lowest BCUT2D eigenvalue weighted by atomic mass is 10.1. The lowest BCUT2D eigenvalue weighted by Gasteiger charge is -2.20. The Morgan fingerprint density at radius 1 is 1.15 bits per heavy atom. The second kappa shape index (κ2) is 10.1. The number of esters is 1. The molecule has 0 radical (unpaired) electrons. The van der Waals surface area contributed by atoms with Crippen LogP contribution in [0.4, 0.5) is 11.4 Å². The first-order valence-corrected chi connectivity index (χ1v) is 11.9. The average molecular weight is 476 g/mol. The second-order valence-electron chi connectivity index (χ2n) is 7.48. The fraction of sp³-hybridized carbons (Fsp3) is 0.364. The maximum absolute atomic E-state index is 12.6. The molecule has 1 aliphatic heterocycles. The minimum absolute atomic E-state index is 0.0603. The van der Waals surface area contributed by atoms with E-state index in [2.05, 4.69) is 0 Å². The third-order valence-electron chi connectivity index (χ3n) is 5.51. The molecule has 2 aromatic rings. The van der Waals surface area contributed by atoms with Crippen LogP contribution in [0.15, 0.2) is 53.4 Å². The van der Waals surface area contributed by atoms with Gasteiger partial charge >= 0.3 is 5.97 Å². The predicted molar refractivity (Wildman–Crippen MR) is 120 cm³/mol. The number of anilines is 1. The van der Waals surface area contributed by atoms with Gasteiger partial charge in [-0.25, -0.2) is 8.42 Å². The third kappa shape index (κ3) is 5.20. The topological polar surface area (TPSA) is 127 Å². The van der Waals surface area contributed by atoms with E-state index in [1.807, 2.05) is 0 Å². The van der Waals surface area contributed by atoms with Crippen molar-refractivity contribution in [2.45, 2.75) is 31.8 Å². The summed E-state index contributed by atoms with van der Waals surface area (Å²) in [6, 6.07) is 11.9. The molecule has 0 aliphatic carbocycles. The summed E-state index contributed by atoms with van der Waals surface area (Å²) in [6.07, 6.45) is -0.0603. The molecular formula is C22H25N3O7S. The van der Waals surface area contributed by atoms with Gasteiger partial charge in [0, 0.05) is 37.8 Å². The van der Waals surface area contributed by atoms with Crippen LogP contribution in [0.1, 0.15) is 25.8 Å². The van der Waals surface area contributed by atoms with Crippen molar-refractivity contribution in [1.29, 1.82) is 0 Å². The number of amides is 1.